The summed E-state index contributed by atoms with van der Waals surface area (Å²) in [7, 11) is 0. The molecule has 6 nitrogen and oxygen atoms in total. The predicted octanol–water partition coefficient (Wildman–Crippen LogP) is 4.31. The Morgan fingerprint density at radius 3 is 2.45 bits per heavy atom. The van der Waals surface area contributed by atoms with Gasteiger partial charge in [-0.25, -0.2) is 9.37 Å². The van der Waals surface area contributed by atoms with Gasteiger partial charge in [0.2, 0.25) is 11.9 Å². The first-order valence-electron chi connectivity index (χ1n) is 11.0. The fraction of sp³-hybridized carbons (Fsp3) is 0.435. The van der Waals surface area contributed by atoms with E-state index in [2.05, 4.69) is 20.9 Å². The van der Waals surface area contributed by atoms with E-state index in [0.29, 0.717) is 19.0 Å². The van der Waals surface area contributed by atoms with E-state index in [1.807, 2.05) is 4.90 Å². The summed E-state index contributed by atoms with van der Waals surface area (Å²) in [6, 6.07) is 8.52. The Morgan fingerprint density at radius 2 is 1.74 bits per heavy atom. The maximum absolute atomic E-state index is 13.3. The highest BCUT2D eigenvalue weighted by atomic mass is 32.1. The lowest BCUT2D eigenvalue weighted by molar-refractivity contribution is -0.136. The molecule has 2 aromatic heterocycles. The fourth-order valence-electron chi connectivity index (χ4n) is 4.67. The maximum atomic E-state index is 13.3. The van der Waals surface area contributed by atoms with Gasteiger partial charge < -0.3 is 15.5 Å². The van der Waals surface area contributed by atoms with Crippen LogP contribution in [0.4, 0.5) is 16.2 Å². The van der Waals surface area contributed by atoms with Gasteiger partial charge in [0.1, 0.15) is 16.5 Å². The summed E-state index contributed by atoms with van der Waals surface area (Å²) in [4.78, 5) is 27.9. The maximum Gasteiger partial charge on any atom is 0.225 e. The van der Waals surface area contributed by atoms with Crippen LogP contribution >= 0.6 is 11.3 Å². The third-order valence-electron chi connectivity index (χ3n) is 6.36. The third kappa shape index (κ3) is 4.08. The topological polar surface area (TPSA) is 75.3 Å². The molecular weight excluding hydrogens is 413 g/mol. The Labute approximate surface area is 184 Å². The molecule has 1 aliphatic heterocycles. The zero-order chi connectivity index (χ0) is 21.4. The molecule has 0 unspecified atom stereocenters. The van der Waals surface area contributed by atoms with Gasteiger partial charge in [-0.3, -0.25) is 4.79 Å². The molecule has 31 heavy (non-hydrogen) atoms. The van der Waals surface area contributed by atoms with Crippen molar-refractivity contribution in [2.75, 3.05) is 36.8 Å². The van der Waals surface area contributed by atoms with E-state index < -0.39 is 0 Å². The lowest BCUT2D eigenvalue weighted by Gasteiger charge is -2.37. The number of thiophene rings is 1. The molecule has 0 atom stereocenters. The molecule has 3 aromatic rings. The monoisotopic (exact) mass is 439 g/mol. The van der Waals surface area contributed by atoms with Crippen LogP contribution in [0.2, 0.25) is 0 Å². The van der Waals surface area contributed by atoms with E-state index in [1.165, 1.54) is 42.7 Å². The van der Waals surface area contributed by atoms with Crippen molar-refractivity contribution in [3.05, 3.63) is 36.1 Å². The molecule has 3 heterocycles. The number of carbonyl (C=O) groups excluding carboxylic acids is 1. The van der Waals surface area contributed by atoms with E-state index in [0.717, 1.165) is 52.4 Å². The highest BCUT2D eigenvalue weighted by Gasteiger charge is 2.29. The standard InChI is InChI=1S/C23H26FN5OS/c24-17-8-6-15(7-9-17)19-14-18-20(26-23(25)27-21(18)31-19)28-10-12-29(13-11-28)22(30)16-4-2-1-3-5-16/h6-9,14,16H,1-5,10-13H2,(H2,25,26,27). The smallest absolute Gasteiger partial charge is 0.225 e. The van der Waals surface area contributed by atoms with E-state index in [1.54, 1.807) is 12.1 Å². The van der Waals surface area contributed by atoms with E-state index in [9.17, 15) is 9.18 Å². The van der Waals surface area contributed by atoms with Crippen molar-refractivity contribution in [2.24, 2.45) is 5.92 Å². The minimum Gasteiger partial charge on any atom is -0.368 e. The molecule has 1 aliphatic carbocycles. The fourth-order valence-corrected chi connectivity index (χ4v) is 5.70. The second-order valence-corrected chi connectivity index (χ2v) is 9.42. The zero-order valence-corrected chi connectivity index (χ0v) is 18.2. The number of piperazine rings is 1. The molecule has 2 aliphatic rings. The average Bonchev–Trinajstić information content (AvgIpc) is 3.23. The van der Waals surface area contributed by atoms with Gasteiger partial charge in [0.05, 0.1) is 5.39 Å². The van der Waals surface area contributed by atoms with E-state index in [-0.39, 0.29) is 17.7 Å². The number of benzene rings is 1. The van der Waals surface area contributed by atoms with Crippen molar-refractivity contribution < 1.29 is 9.18 Å². The number of rotatable bonds is 3. The highest BCUT2D eigenvalue weighted by Crippen LogP contribution is 2.37. The van der Waals surface area contributed by atoms with Crippen molar-refractivity contribution in [3.63, 3.8) is 0 Å². The molecule has 0 spiro atoms. The minimum atomic E-state index is -0.254. The first-order valence-corrected chi connectivity index (χ1v) is 11.8. The third-order valence-corrected chi connectivity index (χ3v) is 7.44. The van der Waals surface area contributed by atoms with Gasteiger partial charge in [0.25, 0.3) is 0 Å². The molecule has 1 saturated heterocycles. The molecule has 8 heteroatoms. The van der Waals surface area contributed by atoms with Crippen LogP contribution < -0.4 is 10.6 Å². The number of amides is 1. The molecule has 2 N–H and O–H groups in total. The number of hydrogen-bond acceptors (Lipinski definition) is 6. The summed E-state index contributed by atoms with van der Waals surface area (Å²) in [5.74, 6) is 1.33. The Kier molecular flexibility index (Phi) is 5.48. The lowest BCUT2D eigenvalue weighted by Crippen LogP contribution is -2.50. The van der Waals surface area contributed by atoms with E-state index in [4.69, 9.17) is 5.73 Å². The van der Waals surface area contributed by atoms with Gasteiger partial charge in [-0.05, 0) is 36.6 Å². The Bertz CT molecular complexity index is 1090. The molecule has 1 saturated carbocycles. The van der Waals surface area contributed by atoms with Gasteiger partial charge in [0.15, 0.2) is 0 Å². The van der Waals surface area contributed by atoms with Gasteiger partial charge in [0, 0.05) is 37.0 Å². The lowest BCUT2D eigenvalue weighted by atomic mass is 9.88. The van der Waals surface area contributed by atoms with Gasteiger partial charge in [-0.1, -0.05) is 31.4 Å². The largest absolute Gasteiger partial charge is 0.368 e. The van der Waals surface area contributed by atoms with Crippen LogP contribution in [0.5, 0.6) is 0 Å². The normalized spacial score (nSPS) is 18.0. The number of anilines is 2. The molecule has 162 valence electrons. The van der Waals surface area contributed by atoms with Gasteiger partial charge >= 0.3 is 0 Å². The van der Waals surface area contributed by atoms with Crippen LogP contribution in [-0.4, -0.2) is 47.0 Å². The quantitative estimate of drug-likeness (QED) is 0.658. The summed E-state index contributed by atoms with van der Waals surface area (Å²) < 4.78 is 13.3. The van der Waals surface area contributed by atoms with Crippen molar-refractivity contribution in [3.8, 4) is 10.4 Å². The average molecular weight is 440 g/mol. The second kappa shape index (κ2) is 8.42. The van der Waals surface area contributed by atoms with Crippen LogP contribution in [0, 0.1) is 11.7 Å². The first kappa shape index (κ1) is 20.2. The molecule has 1 aromatic carbocycles. The van der Waals surface area contributed by atoms with Crippen LogP contribution in [0.25, 0.3) is 20.7 Å². The van der Waals surface area contributed by atoms with Gasteiger partial charge in [-0.2, -0.15) is 4.98 Å². The number of aromatic nitrogens is 2. The minimum absolute atomic E-state index is 0.205. The summed E-state index contributed by atoms with van der Waals surface area (Å²) in [6.45, 7) is 2.86. The van der Waals surface area contributed by atoms with Crippen LogP contribution in [0.1, 0.15) is 32.1 Å². The Morgan fingerprint density at radius 1 is 1.03 bits per heavy atom. The number of nitrogen functional groups attached to an aromatic ring is 1. The Balaban J connectivity index is 1.36. The number of halogens is 1. The van der Waals surface area contributed by atoms with Crippen molar-refractivity contribution in [1.29, 1.82) is 0 Å². The van der Waals surface area contributed by atoms with Gasteiger partial charge in [-0.15, -0.1) is 11.3 Å². The second-order valence-electron chi connectivity index (χ2n) is 8.39. The van der Waals surface area contributed by atoms with Crippen LogP contribution in [0.3, 0.4) is 0 Å². The number of fused-ring (bicyclic) bond motifs is 1. The summed E-state index contributed by atoms with van der Waals surface area (Å²) >= 11 is 1.53. The summed E-state index contributed by atoms with van der Waals surface area (Å²) in [5, 5.41) is 0.950. The van der Waals surface area contributed by atoms with E-state index >= 15 is 0 Å². The van der Waals surface area contributed by atoms with Crippen molar-refractivity contribution >= 4 is 39.2 Å². The van der Waals surface area contributed by atoms with Crippen LogP contribution in [0.15, 0.2) is 30.3 Å². The number of nitrogens with two attached hydrogens (primary N) is 1. The molecule has 2 fully saturated rings. The summed E-state index contributed by atoms with van der Waals surface area (Å²) in [6.07, 6.45) is 5.65. The summed E-state index contributed by atoms with van der Waals surface area (Å²) in [5.41, 5.74) is 6.96. The first-order chi connectivity index (χ1) is 15.1. The van der Waals surface area contributed by atoms with Crippen molar-refractivity contribution in [1.82, 2.24) is 14.9 Å². The number of carbonyl (C=O) groups is 1. The zero-order valence-electron chi connectivity index (χ0n) is 17.4. The molecular formula is C23H26FN5OS. The SMILES string of the molecule is Nc1nc(N2CCN(C(=O)C3CCCCC3)CC2)c2cc(-c3ccc(F)cc3)sc2n1. The Hall–Kier alpha value is -2.74. The molecule has 5 rings (SSSR count). The molecule has 1 amide bonds. The molecule has 0 radical (unpaired) electrons. The van der Waals surface area contributed by atoms with Crippen LogP contribution in [-0.2, 0) is 4.79 Å². The number of hydrogen-bond donors (Lipinski definition) is 1. The molecule has 0 bridgehead atoms. The number of nitrogens with zero attached hydrogens (tertiary/aromatic N) is 4. The van der Waals surface area contributed by atoms with Crippen molar-refractivity contribution in [2.45, 2.75) is 32.1 Å². The highest BCUT2D eigenvalue weighted by molar-refractivity contribution is 7.22. The predicted molar refractivity (Wildman–Crippen MR) is 123 cm³/mol.